The molecule has 0 N–H and O–H groups in total. The highest BCUT2D eigenvalue weighted by atomic mass is 16.5. The van der Waals surface area contributed by atoms with Crippen LogP contribution in [0.4, 0.5) is 0 Å². The van der Waals surface area contributed by atoms with Crippen molar-refractivity contribution in [3.63, 3.8) is 0 Å². The molecule has 1 aromatic carbocycles. The lowest BCUT2D eigenvalue weighted by atomic mass is 10.0. The van der Waals surface area contributed by atoms with Crippen LogP contribution >= 0.6 is 0 Å². The molecular formula is C16H20O5. The minimum absolute atomic E-state index is 0.148. The van der Waals surface area contributed by atoms with Gasteiger partial charge in [0.25, 0.3) is 0 Å². The highest BCUT2D eigenvalue weighted by Gasteiger charge is 2.22. The normalized spacial score (nSPS) is 17.8. The van der Waals surface area contributed by atoms with Gasteiger partial charge in [-0.05, 0) is 30.5 Å². The van der Waals surface area contributed by atoms with Crippen LogP contribution < -0.4 is 9.47 Å². The number of carbonyl (C=O) groups excluding carboxylic acids is 1. The Kier molecular flexibility index (Phi) is 5.09. The van der Waals surface area contributed by atoms with E-state index in [1.54, 1.807) is 21.3 Å². The van der Waals surface area contributed by atoms with Crippen LogP contribution in [0.3, 0.4) is 0 Å². The van der Waals surface area contributed by atoms with E-state index in [9.17, 15) is 4.79 Å². The lowest BCUT2D eigenvalue weighted by Crippen LogP contribution is -2.23. The summed E-state index contributed by atoms with van der Waals surface area (Å²) < 4.78 is 20.9. The van der Waals surface area contributed by atoms with Gasteiger partial charge in [0, 0.05) is 6.42 Å². The Morgan fingerprint density at radius 2 is 1.90 bits per heavy atom. The maximum Gasteiger partial charge on any atom is 0.334 e. The molecular weight excluding hydrogens is 272 g/mol. The minimum atomic E-state index is -0.338. The van der Waals surface area contributed by atoms with Gasteiger partial charge in [0.2, 0.25) is 0 Å². The summed E-state index contributed by atoms with van der Waals surface area (Å²) in [6.07, 6.45) is 3.39. The lowest BCUT2D eigenvalue weighted by Gasteiger charge is -2.22. The van der Waals surface area contributed by atoms with E-state index in [2.05, 4.69) is 0 Å². The lowest BCUT2D eigenvalue weighted by molar-refractivity contribution is -0.145. The zero-order chi connectivity index (χ0) is 15.2. The SMILES string of the molecule is COC1=CC(=O)O[C@@H](CCc2ccc(OC)c(OC)c2)C1. The summed E-state index contributed by atoms with van der Waals surface area (Å²) in [7, 11) is 4.79. The van der Waals surface area contributed by atoms with Crippen LogP contribution in [0.2, 0.25) is 0 Å². The summed E-state index contributed by atoms with van der Waals surface area (Å²) in [5.41, 5.74) is 1.11. The fourth-order valence-electron chi connectivity index (χ4n) is 2.32. The van der Waals surface area contributed by atoms with E-state index in [0.29, 0.717) is 23.7 Å². The van der Waals surface area contributed by atoms with Crippen molar-refractivity contribution in [2.24, 2.45) is 0 Å². The van der Waals surface area contributed by atoms with Crippen molar-refractivity contribution in [3.8, 4) is 11.5 Å². The number of esters is 1. The van der Waals surface area contributed by atoms with E-state index in [1.165, 1.54) is 6.08 Å². The molecule has 1 aliphatic rings. The van der Waals surface area contributed by atoms with Crippen molar-refractivity contribution in [1.29, 1.82) is 0 Å². The number of hydrogen-bond donors (Lipinski definition) is 0. The van der Waals surface area contributed by atoms with Crippen molar-refractivity contribution in [1.82, 2.24) is 0 Å². The first-order valence-corrected chi connectivity index (χ1v) is 6.82. The molecule has 0 spiro atoms. The molecule has 114 valence electrons. The molecule has 0 aromatic heterocycles. The third-order valence-electron chi connectivity index (χ3n) is 3.46. The standard InChI is InChI=1S/C16H20O5/c1-18-13-9-12(21-16(17)10-13)6-4-11-5-7-14(19-2)15(8-11)20-3/h5,7-8,10,12H,4,6,9H2,1-3H3/t12-/m0/s1. The Balaban J connectivity index is 1.97. The Labute approximate surface area is 124 Å². The Bertz CT molecular complexity index is 535. The van der Waals surface area contributed by atoms with Crippen LogP contribution in [0.25, 0.3) is 0 Å². The smallest absolute Gasteiger partial charge is 0.334 e. The first kappa shape index (κ1) is 15.2. The topological polar surface area (TPSA) is 54.0 Å². The summed E-state index contributed by atoms with van der Waals surface area (Å²) in [6, 6.07) is 5.80. The molecule has 0 aliphatic carbocycles. The average Bonchev–Trinajstić information content (AvgIpc) is 2.52. The Morgan fingerprint density at radius 3 is 2.57 bits per heavy atom. The first-order chi connectivity index (χ1) is 10.2. The third kappa shape index (κ3) is 3.90. The third-order valence-corrected chi connectivity index (χ3v) is 3.46. The monoisotopic (exact) mass is 292 g/mol. The van der Waals surface area contributed by atoms with Crippen molar-refractivity contribution in [3.05, 3.63) is 35.6 Å². The van der Waals surface area contributed by atoms with Crippen LogP contribution in [0.5, 0.6) is 11.5 Å². The van der Waals surface area contributed by atoms with Crippen molar-refractivity contribution in [2.75, 3.05) is 21.3 Å². The molecule has 0 unspecified atom stereocenters. The van der Waals surface area contributed by atoms with Crippen molar-refractivity contribution >= 4 is 5.97 Å². The Hall–Kier alpha value is -2.17. The van der Waals surface area contributed by atoms with Gasteiger partial charge in [-0.25, -0.2) is 4.79 Å². The van der Waals surface area contributed by atoms with E-state index < -0.39 is 0 Å². The summed E-state index contributed by atoms with van der Waals surface area (Å²) in [5.74, 6) is 1.74. The highest BCUT2D eigenvalue weighted by molar-refractivity contribution is 5.83. The molecule has 0 saturated carbocycles. The molecule has 5 nitrogen and oxygen atoms in total. The van der Waals surface area contributed by atoms with E-state index in [0.717, 1.165) is 18.4 Å². The molecule has 0 radical (unpaired) electrons. The molecule has 1 atom stereocenters. The number of ether oxygens (including phenoxy) is 4. The molecule has 1 aromatic rings. The summed E-state index contributed by atoms with van der Waals surface area (Å²) >= 11 is 0. The maximum atomic E-state index is 11.4. The van der Waals surface area contributed by atoms with Crippen LogP contribution in [0, 0.1) is 0 Å². The summed E-state index contributed by atoms with van der Waals surface area (Å²) in [6.45, 7) is 0. The van der Waals surface area contributed by atoms with Crippen LogP contribution in [0.15, 0.2) is 30.0 Å². The maximum absolute atomic E-state index is 11.4. The van der Waals surface area contributed by atoms with Crippen LogP contribution in [-0.2, 0) is 20.7 Å². The van der Waals surface area contributed by atoms with Crippen molar-refractivity contribution < 1.29 is 23.7 Å². The number of cyclic esters (lactones) is 1. The van der Waals surface area contributed by atoms with Gasteiger partial charge in [-0.2, -0.15) is 0 Å². The van der Waals surface area contributed by atoms with E-state index in [4.69, 9.17) is 18.9 Å². The molecule has 5 heteroatoms. The second kappa shape index (κ2) is 7.02. The van der Waals surface area contributed by atoms with Crippen LogP contribution in [0.1, 0.15) is 18.4 Å². The predicted molar refractivity (Wildman–Crippen MR) is 77.5 cm³/mol. The second-order valence-electron chi connectivity index (χ2n) is 4.81. The molecule has 0 amide bonds. The van der Waals surface area contributed by atoms with Gasteiger partial charge in [0.05, 0.1) is 27.4 Å². The molecule has 1 aliphatic heterocycles. The van der Waals surface area contributed by atoms with Gasteiger partial charge < -0.3 is 18.9 Å². The zero-order valence-electron chi connectivity index (χ0n) is 12.5. The highest BCUT2D eigenvalue weighted by Crippen LogP contribution is 2.29. The molecule has 2 rings (SSSR count). The zero-order valence-corrected chi connectivity index (χ0v) is 12.5. The fraction of sp³-hybridized carbons (Fsp3) is 0.438. The molecule has 0 bridgehead atoms. The van der Waals surface area contributed by atoms with E-state index in [1.807, 2.05) is 18.2 Å². The quantitative estimate of drug-likeness (QED) is 0.754. The van der Waals surface area contributed by atoms with Gasteiger partial charge >= 0.3 is 5.97 Å². The minimum Gasteiger partial charge on any atom is -0.501 e. The van der Waals surface area contributed by atoms with Crippen molar-refractivity contribution in [2.45, 2.75) is 25.4 Å². The molecule has 0 fully saturated rings. The fourth-order valence-corrected chi connectivity index (χ4v) is 2.32. The summed E-state index contributed by atoms with van der Waals surface area (Å²) in [5, 5.41) is 0. The molecule has 0 saturated heterocycles. The van der Waals surface area contributed by atoms with Gasteiger partial charge in [0.1, 0.15) is 11.9 Å². The number of aryl methyl sites for hydroxylation is 1. The number of rotatable bonds is 6. The molecule has 1 heterocycles. The van der Waals surface area contributed by atoms with E-state index in [-0.39, 0.29) is 12.1 Å². The first-order valence-electron chi connectivity index (χ1n) is 6.82. The Morgan fingerprint density at radius 1 is 1.14 bits per heavy atom. The largest absolute Gasteiger partial charge is 0.501 e. The number of benzene rings is 1. The van der Waals surface area contributed by atoms with Crippen LogP contribution in [-0.4, -0.2) is 33.4 Å². The number of hydrogen-bond acceptors (Lipinski definition) is 5. The summed E-state index contributed by atoms with van der Waals surface area (Å²) in [4.78, 5) is 11.4. The van der Waals surface area contributed by atoms with Gasteiger partial charge in [-0.15, -0.1) is 0 Å². The average molecular weight is 292 g/mol. The van der Waals surface area contributed by atoms with Gasteiger partial charge in [0.15, 0.2) is 11.5 Å². The molecule has 21 heavy (non-hydrogen) atoms. The van der Waals surface area contributed by atoms with Gasteiger partial charge in [-0.1, -0.05) is 6.07 Å². The predicted octanol–water partition coefficient (Wildman–Crippen LogP) is 2.48. The number of carbonyl (C=O) groups is 1. The van der Waals surface area contributed by atoms with Gasteiger partial charge in [-0.3, -0.25) is 0 Å². The number of methoxy groups -OCH3 is 3. The van der Waals surface area contributed by atoms with E-state index >= 15 is 0 Å². The second-order valence-corrected chi connectivity index (χ2v) is 4.81.